The van der Waals surface area contributed by atoms with Gasteiger partial charge in [-0.25, -0.2) is 18.8 Å². The lowest BCUT2D eigenvalue weighted by atomic mass is 10.1. The van der Waals surface area contributed by atoms with Crippen LogP contribution in [0.1, 0.15) is 24.3 Å². The first-order valence-electron chi connectivity index (χ1n) is 7.78. The minimum atomic E-state index is -0.653. The largest absolute Gasteiger partial charge is 0.469 e. The van der Waals surface area contributed by atoms with Crippen LogP contribution in [-0.2, 0) is 0 Å². The van der Waals surface area contributed by atoms with Crippen LogP contribution in [0.15, 0.2) is 33.7 Å². The molecule has 0 aliphatic rings. The van der Waals surface area contributed by atoms with E-state index >= 15 is 0 Å². The second kappa shape index (κ2) is 8.77. The average molecular weight is 422 g/mol. The van der Waals surface area contributed by atoms with Crippen LogP contribution in [0.25, 0.3) is 0 Å². The van der Waals surface area contributed by atoms with Crippen molar-refractivity contribution in [2.45, 2.75) is 20.0 Å². The Labute approximate surface area is 160 Å². The van der Waals surface area contributed by atoms with E-state index in [9.17, 15) is 8.78 Å². The molecular formula is C19H18BrF2N3O. The van der Waals surface area contributed by atoms with Gasteiger partial charge in [0.15, 0.2) is 0 Å². The Morgan fingerprint density at radius 2 is 2.00 bits per heavy atom. The van der Waals surface area contributed by atoms with Gasteiger partial charge < -0.3 is 9.64 Å². The van der Waals surface area contributed by atoms with E-state index in [1.165, 1.54) is 12.1 Å². The van der Waals surface area contributed by atoms with Crippen LogP contribution in [-0.4, -0.2) is 29.8 Å². The van der Waals surface area contributed by atoms with Gasteiger partial charge in [0.2, 0.25) is 5.88 Å². The number of aliphatic imine (C=N–C) groups is 1. The first-order chi connectivity index (χ1) is 12.3. The second-order valence-corrected chi connectivity index (χ2v) is 6.56. The Morgan fingerprint density at radius 1 is 1.35 bits per heavy atom. The summed E-state index contributed by atoms with van der Waals surface area (Å²) < 4.78 is 33.1. The molecule has 1 heterocycles. The number of hydrogen-bond donors (Lipinski definition) is 0. The molecule has 0 aliphatic carbocycles. The van der Waals surface area contributed by atoms with E-state index in [0.29, 0.717) is 33.8 Å². The number of pyridine rings is 1. The summed E-state index contributed by atoms with van der Waals surface area (Å²) in [6.45, 7) is 3.93. The van der Waals surface area contributed by atoms with E-state index in [1.807, 2.05) is 7.05 Å². The maximum absolute atomic E-state index is 13.4. The zero-order chi connectivity index (χ0) is 19.3. The minimum Gasteiger partial charge on any atom is -0.469 e. The number of hydrogen-bond acceptors (Lipinski definition) is 3. The molecule has 0 N–H and O–H groups in total. The third kappa shape index (κ3) is 5.27. The van der Waals surface area contributed by atoms with Crippen molar-refractivity contribution in [3.8, 4) is 18.2 Å². The summed E-state index contributed by atoms with van der Waals surface area (Å²) in [6.07, 6.45) is 6.28. The first-order valence-corrected chi connectivity index (χ1v) is 8.57. The van der Waals surface area contributed by atoms with Crippen LogP contribution in [0, 0.1) is 30.9 Å². The van der Waals surface area contributed by atoms with Gasteiger partial charge in [0.1, 0.15) is 17.7 Å². The highest BCUT2D eigenvalue weighted by atomic mass is 79.9. The molecule has 1 atom stereocenters. The second-order valence-electron chi connectivity index (χ2n) is 5.71. The van der Waals surface area contributed by atoms with Crippen LogP contribution in [0.2, 0.25) is 0 Å². The summed E-state index contributed by atoms with van der Waals surface area (Å²) in [7, 11) is 1.82. The Balaban J connectivity index is 2.20. The van der Waals surface area contributed by atoms with E-state index in [0.717, 1.165) is 6.07 Å². The predicted octanol–water partition coefficient (Wildman–Crippen LogP) is 4.80. The fourth-order valence-corrected chi connectivity index (χ4v) is 2.55. The van der Waals surface area contributed by atoms with Gasteiger partial charge in [-0.1, -0.05) is 5.92 Å². The highest BCUT2D eigenvalue weighted by molar-refractivity contribution is 9.10. The molecule has 26 heavy (non-hydrogen) atoms. The summed E-state index contributed by atoms with van der Waals surface area (Å²) in [6, 6.07) is 5.04. The molecule has 0 saturated heterocycles. The van der Waals surface area contributed by atoms with Crippen LogP contribution < -0.4 is 4.74 Å². The van der Waals surface area contributed by atoms with Crippen molar-refractivity contribution >= 4 is 28.0 Å². The van der Waals surface area contributed by atoms with Gasteiger partial charge >= 0.3 is 0 Å². The van der Waals surface area contributed by atoms with Crippen LogP contribution >= 0.6 is 15.9 Å². The van der Waals surface area contributed by atoms with Crippen LogP contribution in [0.4, 0.5) is 14.5 Å². The lowest BCUT2D eigenvalue weighted by molar-refractivity contribution is 0.214. The fourth-order valence-electron chi connectivity index (χ4n) is 2.15. The van der Waals surface area contributed by atoms with E-state index in [1.54, 1.807) is 31.2 Å². The molecule has 0 spiro atoms. The van der Waals surface area contributed by atoms with E-state index in [-0.39, 0.29) is 0 Å². The molecule has 1 aromatic heterocycles. The first kappa shape index (κ1) is 19.9. The fraction of sp³-hybridized carbons (Fsp3) is 0.263. The predicted molar refractivity (Wildman–Crippen MR) is 102 cm³/mol. The third-order valence-electron chi connectivity index (χ3n) is 3.49. The highest BCUT2D eigenvalue weighted by Crippen LogP contribution is 2.32. The zero-order valence-corrected chi connectivity index (χ0v) is 16.2. The van der Waals surface area contributed by atoms with Gasteiger partial charge in [0.25, 0.3) is 0 Å². The minimum absolute atomic E-state index is 0.315. The average Bonchev–Trinajstić information content (AvgIpc) is 2.56. The topological polar surface area (TPSA) is 37.7 Å². The number of nitrogens with zero attached hydrogens (tertiary/aromatic N) is 3. The smallest absolute Gasteiger partial charge is 0.228 e. The molecular weight excluding hydrogens is 404 g/mol. The Hall–Kier alpha value is -2.46. The van der Waals surface area contributed by atoms with E-state index < -0.39 is 17.7 Å². The molecule has 1 unspecified atom stereocenters. The lowest BCUT2D eigenvalue weighted by Gasteiger charge is -2.16. The summed E-state index contributed by atoms with van der Waals surface area (Å²) >= 11 is 3.39. The Morgan fingerprint density at radius 3 is 2.62 bits per heavy atom. The van der Waals surface area contributed by atoms with Crippen molar-refractivity contribution in [3.05, 3.63) is 51.6 Å². The SMILES string of the molecule is C#CCN(C)/C=N/c1cc(Br)c(OC(C)c2cc(F)cc(F)c2)nc1C. The molecule has 136 valence electrons. The van der Waals surface area contributed by atoms with Gasteiger partial charge in [-0.3, -0.25) is 0 Å². The molecule has 0 amide bonds. The van der Waals surface area contributed by atoms with Gasteiger partial charge in [0.05, 0.1) is 28.7 Å². The van der Waals surface area contributed by atoms with Crippen LogP contribution in [0.3, 0.4) is 0 Å². The number of aromatic nitrogens is 1. The third-order valence-corrected chi connectivity index (χ3v) is 4.05. The zero-order valence-electron chi connectivity index (χ0n) is 14.6. The van der Waals surface area contributed by atoms with Gasteiger partial charge in [-0.15, -0.1) is 6.42 Å². The van der Waals surface area contributed by atoms with Crippen molar-refractivity contribution in [1.29, 1.82) is 0 Å². The van der Waals surface area contributed by atoms with Gasteiger partial charge in [0, 0.05) is 13.1 Å². The van der Waals surface area contributed by atoms with E-state index in [2.05, 4.69) is 31.8 Å². The quantitative estimate of drug-likeness (QED) is 0.382. The summed E-state index contributed by atoms with van der Waals surface area (Å²) in [5.74, 6) is 1.53. The van der Waals surface area contributed by atoms with Crippen molar-refractivity contribution in [2.24, 2.45) is 4.99 Å². The highest BCUT2D eigenvalue weighted by Gasteiger charge is 2.15. The molecule has 0 fully saturated rings. The van der Waals surface area contributed by atoms with E-state index in [4.69, 9.17) is 11.2 Å². The maximum Gasteiger partial charge on any atom is 0.228 e. The standard InChI is InChI=1S/C19H18BrF2N3O/c1-5-6-25(4)11-23-18-10-17(20)19(24-12(18)2)26-13(3)14-7-15(21)9-16(22)8-14/h1,7-11,13H,6H2,2-4H3/b23-11+. The molecule has 1 aromatic carbocycles. The summed E-state index contributed by atoms with van der Waals surface area (Å²) in [5, 5.41) is 0. The normalized spacial score (nSPS) is 12.0. The molecule has 0 bridgehead atoms. The molecule has 0 aliphatic heterocycles. The monoisotopic (exact) mass is 421 g/mol. The maximum atomic E-state index is 13.4. The Kier molecular flexibility index (Phi) is 6.70. The van der Waals surface area contributed by atoms with Crippen molar-refractivity contribution in [2.75, 3.05) is 13.6 Å². The van der Waals surface area contributed by atoms with Crippen molar-refractivity contribution in [1.82, 2.24) is 9.88 Å². The summed E-state index contributed by atoms with van der Waals surface area (Å²) in [5.41, 5.74) is 1.68. The number of halogens is 3. The molecule has 0 saturated carbocycles. The number of terminal acetylenes is 1. The number of benzene rings is 1. The lowest BCUT2D eigenvalue weighted by Crippen LogP contribution is -2.15. The van der Waals surface area contributed by atoms with Gasteiger partial charge in [-0.2, -0.15) is 0 Å². The number of rotatable bonds is 6. The van der Waals surface area contributed by atoms with Crippen molar-refractivity contribution < 1.29 is 13.5 Å². The van der Waals surface area contributed by atoms with Crippen LogP contribution in [0.5, 0.6) is 5.88 Å². The van der Waals surface area contributed by atoms with Gasteiger partial charge in [-0.05, 0) is 53.5 Å². The summed E-state index contributed by atoms with van der Waals surface area (Å²) in [4.78, 5) is 10.5. The Bertz CT molecular complexity index is 844. The molecule has 2 rings (SSSR count). The van der Waals surface area contributed by atoms with Crippen molar-refractivity contribution in [3.63, 3.8) is 0 Å². The molecule has 0 radical (unpaired) electrons. The number of ether oxygens (including phenoxy) is 1. The molecule has 2 aromatic rings. The molecule has 4 nitrogen and oxygen atoms in total. The number of aryl methyl sites for hydroxylation is 1. The molecule has 7 heteroatoms.